The fraction of sp³-hybridized carbons (Fsp3) is 0.727. The SMILES string of the molecule is CCNC(Cc1nccs1)C(C)CC. The number of rotatable bonds is 6. The molecule has 0 fully saturated rings. The van der Waals surface area contributed by atoms with Gasteiger partial charge in [-0.15, -0.1) is 11.3 Å². The van der Waals surface area contributed by atoms with E-state index in [0.29, 0.717) is 6.04 Å². The largest absolute Gasteiger partial charge is 0.314 e. The molecule has 0 amide bonds. The quantitative estimate of drug-likeness (QED) is 0.784. The van der Waals surface area contributed by atoms with Crippen molar-refractivity contribution < 1.29 is 0 Å². The topological polar surface area (TPSA) is 24.9 Å². The molecule has 0 aliphatic rings. The highest BCUT2D eigenvalue weighted by Gasteiger charge is 2.15. The molecule has 1 aromatic heterocycles. The van der Waals surface area contributed by atoms with Crippen molar-refractivity contribution >= 4 is 11.3 Å². The van der Waals surface area contributed by atoms with Gasteiger partial charge in [0.1, 0.15) is 0 Å². The minimum absolute atomic E-state index is 0.580. The number of aromatic nitrogens is 1. The lowest BCUT2D eigenvalue weighted by molar-refractivity contribution is 0.370. The van der Waals surface area contributed by atoms with Crippen LogP contribution in [-0.4, -0.2) is 17.6 Å². The fourth-order valence-electron chi connectivity index (χ4n) is 1.56. The first-order valence-corrected chi connectivity index (χ1v) is 6.27. The van der Waals surface area contributed by atoms with Gasteiger partial charge in [-0.2, -0.15) is 0 Å². The summed E-state index contributed by atoms with van der Waals surface area (Å²) in [7, 11) is 0. The molecular weight excluding hydrogens is 192 g/mol. The summed E-state index contributed by atoms with van der Waals surface area (Å²) in [5, 5.41) is 6.84. The fourth-order valence-corrected chi connectivity index (χ4v) is 2.24. The Morgan fingerprint density at radius 1 is 1.50 bits per heavy atom. The van der Waals surface area contributed by atoms with Crippen molar-refractivity contribution in [3.63, 3.8) is 0 Å². The highest BCUT2D eigenvalue weighted by Crippen LogP contribution is 2.14. The van der Waals surface area contributed by atoms with E-state index in [0.717, 1.165) is 18.9 Å². The monoisotopic (exact) mass is 212 g/mol. The molecule has 80 valence electrons. The Hall–Kier alpha value is -0.410. The molecule has 1 N–H and O–H groups in total. The van der Waals surface area contributed by atoms with Crippen molar-refractivity contribution in [2.75, 3.05) is 6.54 Å². The van der Waals surface area contributed by atoms with Gasteiger partial charge in [-0.25, -0.2) is 4.98 Å². The Kier molecular flexibility index (Phi) is 5.12. The van der Waals surface area contributed by atoms with E-state index in [2.05, 4.69) is 36.5 Å². The molecule has 0 bridgehead atoms. The maximum Gasteiger partial charge on any atom is 0.0940 e. The molecule has 0 aromatic carbocycles. The van der Waals surface area contributed by atoms with Crippen LogP contribution in [0.2, 0.25) is 0 Å². The van der Waals surface area contributed by atoms with E-state index in [-0.39, 0.29) is 0 Å². The highest BCUT2D eigenvalue weighted by molar-refractivity contribution is 7.09. The van der Waals surface area contributed by atoms with Crippen molar-refractivity contribution in [2.45, 2.75) is 39.7 Å². The normalized spacial score (nSPS) is 15.4. The predicted octanol–water partition coefficient (Wildman–Crippen LogP) is 2.71. The van der Waals surface area contributed by atoms with Gasteiger partial charge in [0.2, 0.25) is 0 Å². The van der Waals surface area contributed by atoms with Crippen LogP contribution < -0.4 is 5.32 Å². The lowest BCUT2D eigenvalue weighted by atomic mass is 9.96. The molecule has 0 saturated heterocycles. The lowest BCUT2D eigenvalue weighted by Crippen LogP contribution is -2.36. The Morgan fingerprint density at radius 2 is 2.29 bits per heavy atom. The summed E-state index contributed by atoms with van der Waals surface area (Å²) in [4.78, 5) is 4.33. The van der Waals surface area contributed by atoms with Gasteiger partial charge < -0.3 is 5.32 Å². The summed E-state index contributed by atoms with van der Waals surface area (Å²) >= 11 is 1.75. The molecule has 2 atom stereocenters. The van der Waals surface area contributed by atoms with E-state index in [1.165, 1.54) is 11.4 Å². The smallest absolute Gasteiger partial charge is 0.0940 e. The standard InChI is InChI=1S/C11H20N2S/c1-4-9(3)10(12-5-2)8-11-13-6-7-14-11/h6-7,9-10,12H,4-5,8H2,1-3H3. The first kappa shape index (κ1) is 11.7. The van der Waals surface area contributed by atoms with Gasteiger partial charge in [-0.3, -0.25) is 0 Å². The predicted molar refractivity (Wildman–Crippen MR) is 62.7 cm³/mol. The second-order valence-electron chi connectivity index (χ2n) is 3.68. The van der Waals surface area contributed by atoms with Crippen LogP contribution in [0.5, 0.6) is 0 Å². The minimum atomic E-state index is 0.580. The minimum Gasteiger partial charge on any atom is -0.314 e. The first-order chi connectivity index (χ1) is 6.77. The van der Waals surface area contributed by atoms with E-state index < -0.39 is 0 Å². The Bertz CT molecular complexity index is 233. The van der Waals surface area contributed by atoms with Crippen LogP contribution in [-0.2, 0) is 6.42 Å². The number of thiazole rings is 1. The number of hydrogen-bond acceptors (Lipinski definition) is 3. The van der Waals surface area contributed by atoms with Gasteiger partial charge in [0.25, 0.3) is 0 Å². The zero-order valence-corrected chi connectivity index (χ0v) is 10.1. The first-order valence-electron chi connectivity index (χ1n) is 5.39. The Labute approximate surface area is 90.8 Å². The van der Waals surface area contributed by atoms with Crippen molar-refractivity contribution in [1.82, 2.24) is 10.3 Å². The van der Waals surface area contributed by atoms with Crippen LogP contribution in [0.4, 0.5) is 0 Å². The number of hydrogen-bond donors (Lipinski definition) is 1. The third kappa shape index (κ3) is 3.39. The molecule has 0 spiro atoms. The Balaban J connectivity index is 2.50. The van der Waals surface area contributed by atoms with E-state index in [9.17, 15) is 0 Å². The molecular formula is C11H20N2S. The summed E-state index contributed by atoms with van der Waals surface area (Å²) in [5.74, 6) is 0.721. The molecule has 0 saturated carbocycles. The molecule has 1 rings (SSSR count). The average molecular weight is 212 g/mol. The van der Waals surface area contributed by atoms with Gasteiger partial charge in [-0.1, -0.05) is 27.2 Å². The summed E-state index contributed by atoms with van der Waals surface area (Å²) in [5.41, 5.74) is 0. The second-order valence-corrected chi connectivity index (χ2v) is 4.66. The molecule has 1 heterocycles. The van der Waals surface area contributed by atoms with Crippen LogP contribution in [0.25, 0.3) is 0 Å². The summed E-state index contributed by atoms with van der Waals surface area (Å²) < 4.78 is 0. The Morgan fingerprint density at radius 3 is 2.79 bits per heavy atom. The molecule has 0 radical (unpaired) electrons. The van der Waals surface area contributed by atoms with E-state index in [4.69, 9.17) is 0 Å². The lowest BCUT2D eigenvalue weighted by Gasteiger charge is -2.22. The van der Waals surface area contributed by atoms with Crippen molar-refractivity contribution in [2.24, 2.45) is 5.92 Å². The average Bonchev–Trinajstić information content (AvgIpc) is 2.68. The third-order valence-electron chi connectivity index (χ3n) is 2.68. The van der Waals surface area contributed by atoms with Crippen LogP contribution in [0.15, 0.2) is 11.6 Å². The molecule has 2 nitrogen and oxygen atoms in total. The zero-order valence-electron chi connectivity index (χ0n) is 9.29. The second kappa shape index (κ2) is 6.14. The van der Waals surface area contributed by atoms with Crippen molar-refractivity contribution in [1.29, 1.82) is 0 Å². The molecule has 3 heteroatoms. The van der Waals surface area contributed by atoms with Crippen LogP contribution >= 0.6 is 11.3 Å². The number of nitrogens with one attached hydrogen (secondary N) is 1. The molecule has 2 unspecified atom stereocenters. The van der Waals surface area contributed by atoms with E-state index >= 15 is 0 Å². The molecule has 0 aliphatic carbocycles. The van der Waals surface area contributed by atoms with Crippen LogP contribution in [0, 0.1) is 5.92 Å². The highest BCUT2D eigenvalue weighted by atomic mass is 32.1. The van der Waals surface area contributed by atoms with Crippen LogP contribution in [0.3, 0.4) is 0 Å². The number of nitrogens with zero attached hydrogens (tertiary/aromatic N) is 1. The summed E-state index contributed by atoms with van der Waals surface area (Å²) in [6, 6.07) is 0.580. The third-order valence-corrected chi connectivity index (χ3v) is 3.48. The van der Waals surface area contributed by atoms with Gasteiger partial charge in [0.05, 0.1) is 5.01 Å². The van der Waals surface area contributed by atoms with Crippen LogP contribution in [0.1, 0.15) is 32.2 Å². The van der Waals surface area contributed by atoms with Gasteiger partial charge >= 0.3 is 0 Å². The summed E-state index contributed by atoms with van der Waals surface area (Å²) in [6.07, 6.45) is 4.18. The van der Waals surface area contributed by atoms with Crippen molar-refractivity contribution in [3.8, 4) is 0 Å². The van der Waals surface area contributed by atoms with Gasteiger partial charge in [-0.05, 0) is 12.5 Å². The maximum absolute atomic E-state index is 4.33. The van der Waals surface area contributed by atoms with Gasteiger partial charge in [0, 0.05) is 24.0 Å². The number of likely N-dealkylation sites (N-methyl/N-ethyl adjacent to an activating group) is 1. The summed E-state index contributed by atoms with van der Waals surface area (Å²) in [6.45, 7) is 7.76. The van der Waals surface area contributed by atoms with Crippen molar-refractivity contribution in [3.05, 3.63) is 16.6 Å². The van der Waals surface area contributed by atoms with E-state index in [1.54, 1.807) is 11.3 Å². The zero-order chi connectivity index (χ0) is 10.4. The molecule has 0 aliphatic heterocycles. The maximum atomic E-state index is 4.33. The molecule has 14 heavy (non-hydrogen) atoms. The van der Waals surface area contributed by atoms with Gasteiger partial charge in [0.15, 0.2) is 0 Å². The molecule has 1 aromatic rings. The van der Waals surface area contributed by atoms with E-state index in [1.807, 2.05) is 6.20 Å².